The van der Waals surface area contributed by atoms with Gasteiger partial charge in [-0.1, -0.05) is 0 Å². The average Bonchev–Trinajstić information content (AvgIpc) is 0.722. The fraction of sp³-hybridized carbons (Fsp3) is 0. The van der Waals surface area contributed by atoms with E-state index in [1.807, 2.05) is 0 Å². The molecule has 7 heavy (non-hydrogen) atoms. The van der Waals surface area contributed by atoms with E-state index in [-0.39, 0.29) is 54.5 Å². The van der Waals surface area contributed by atoms with Crippen molar-refractivity contribution in [1.29, 1.82) is 0 Å². The Morgan fingerprint density at radius 2 is 1.14 bits per heavy atom. The molecule has 0 aliphatic rings. The predicted molar refractivity (Wildman–Crippen MR) is 13.4 cm³/mol. The Hall–Kier alpha value is 1.88. The maximum atomic E-state index is 8.55. The molecule has 0 aliphatic heterocycles. The Morgan fingerprint density at radius 1 is 1.14 bits per heavy atom. The van der Waals surface area contributed by atoms with Crippen LogP contribution in [0.5, 0.6) is 0 Å². The van der Waals surface area contributed by atoms with E-state index >= 15 is 0 Å². The third-order valence-corrected chi connectivity index (χ3v) is 0. The van der Waals surface area contributed by atoms with Crippen LogP contribution in [0.2, 0.25) is 0 Å². The van der Waals surface area contributed by atoms with Crippen molar-refractivity contribution in [3.05, 3.63) is 0 Å². The van der Waals surface area contributed by atoms with Crippen LogP contribution in [0.3, 0.4) is 0 Å². The molecule has 4 nitrogen and oxygen atoms in total. The first-order valence-corrected chi connectivity index (χ1v) is 2.19. The molecule has 0 aromatic heterocycles. The molecule has 0 fully saturated rings. The molecule has 0 aliphatic carbocycles. The van der Waals surface area contributed by atoms with Crippen LogP contribution in [0.25, 0.3) is 0 Å². The molecule has 0 saturated carbocycles. The van der Waals surface area contributed by atoms with E-state index in [0.29, 0.717) is 0 Å². The van der Waals surface area contributed by atoms with Gasteiger partial charge in [-0.05, 0) is 0 Å². The third kappa shape index (κ3) is 77.3. The minimum atomic E-state index is -5.39. The van der Waals surface area contributed by atoms with Gasteiger partial charge in [0.15, 0.2) is 0 Å². The summed E-state index contributed by atoms with van der Waals surface area (Å²) >= 11 is 0. The van der Waals surface area contributed by atoms with Crippen LogP contribution in [-0.4, -0.2) is 37.7 Å². The molecular weight excluding hydrogens is 194 g/mol. The van der Waals surface area contributed by atoms with Crippen molar-refractivity contribution in [2.45, 2.75) is 0 Å². The minimum absolute atomic E-state index is 0. The number of hydrogen-bond acceptors (Lipinski definition) is 4. The summed E-state index contributed by atoms with van der Waals surface area (Å²) in [4.78, 5) is 25.6. The summed E-state index contributed by atoms with van der Waals surface area (Å²) < 4.78 is 8.55. The van der Waals surface area contributed by atoms with Gasteiger partial charge in [0.1, 0.15) is 0 Å². The second kappa shape index (κ2) is 6.00. The van der Waals surface area contributed by atoms with Crippen molar-refractivity contribution in [1.82, 2.24) is 0 Å². The van der Waals surface area contributed by atoms with Gasteiger partial charge in [-0.3, -0.25) is 0 Å². The second-order valence-corrected chi connectivity index (χ2v) is 1.34. The predicted octanol–water partition coefficient (Wildman–Crippen LogP) is -3.21. The van der Waals surface area contributed by atoms with Crippen molar-refractivity contribution >= 4 is 45.6 Å². The van der Waals surface area contributed by atoms with E-state index in [2.05, 4.69) is 0 Å². The van der Waals surface area contributed by atoms with E-state index in [4.69, 9.17) is 19.2 Å². The Labute approximate surface area is 80.7 Å². The molecule has 0 aromatic carbocycles. The molecule has 0 amide bonds. The van der Waals surface area contributed by atoms with Crippen molar-refractivity contribution in [3.63, 3.8) is 0 Å². The van der Waals surface area contributed by atoms with Crippen LogP contribution < -0.4 is 14.7 Å². The van der Waals surface area contributed by atoms with Crippen LogP contribution in [0, 0.1) is 0 Å². The summed E-state index contributed by atoms with van der Waals surface area (Å²) in [5.74, 6) is 0. The van der Waals surface area contributed by atoms with Crippen molar-refractivity contribution in [2.75, 3.05) is 0 Å². The molecule has 0 bridgehead atoms. The Kier molecular flexibility index (Phi) is 13.7. The Bertz CT molecular complexity index is 57.8. The molecule has 0 heterocycles. The number of rotatable bonds is 0. The van der Waals surface area contributed by atoms with Crippen molar-refractivity contribution in [3.8, 4) is 0 Å². The zero-order valence-electron chi connectivity index (χ0n) is 3.12. The van der Waals surface area contributed by atoms with Crippen LogP contribution in [0.15, 0.2) is 0 Å². The van der Waals surface area contributed by atoms with Crippen LogP contribution in [0.1, 0.15) is 0 Å². The smallest absolute Gasteiger partial charge is 0.822 e. The van der Waals surface area contributed by atoms with Gasteiger partial charge < -0.3 is 19.2 Å². The summed E-state index contributed by atoms with van der Waals surface area (Å²) in [7, 11) is -5.39. The van der Waals surface area contributed by atoms with Gasteiger partial charge in [-0.15, -0.1) is 0 Å². The molecule has 1 radical (unpaired) electrons. The zero-order valence-corrected chi connectivity index (χ0v) is 7.26. The molecule has 7 heteroatoms. The SMILES string of the molecule is O=P([O-])([O-])[O-].[Ca+2].[Co+2]. The number of hydrogen-bond donors (Lipinski definition) is 0. The molecule has 0 rings (SSSR count). The summed E-state index contributed by atoms with van der Waals surface area (Å²) in [6.45, 7) is 0. The molecule has 39 valence electrons. The van der Waals surface area contributed by atoms with E-state index < -0.39 is 7.82 Å². The standard InChI is InChI=1S/Ca.Co.H3O4P/c;;1-5(2,3)4/h;;(H3,1,2,3,4)/q2*+2;/p-3. The van der Waals surface area contributed by atoms with Gasteiger partial charge in [0.25, 0.3) is 0 Å². The van der Waals surface area contributed by atoms with Gasteiger partial charge in [0.2, 0.25) is 0 Å². The maximum Gasteiger partial charge on any atom is 2.00 e. The molecule has 0 atom stereocenters. The van der Waals surface area contributed by atoms with Crippen LogP contribution >= 0.6 is 7.82 Å². The first kappa shape index (κ1) is 15.9. The van der Waals surface area contributed by atoms with Gasteiger partial charge in [-0.25, -0.2) is 0 Å². The van der Waals surface area contributed by atoms with Gasteiger partial charge in [-0.2, -0.15) is 7.82 Å². The number of phosphoric acid groups is 1. The van der Waals surface area contributed by atoms with Crippen molar-refractivity contribution in [2.24, 2.45) is 0 Å². The normalized spacial score (nSPS) is 8.43. The molecule has 0 unspecified atom stereocenters. The third-order valence-electron chi connectivity index (χ3n) is 0. The van der Waals surface area contributed by atoms with Gasteiger partial charge in [0.05, 0.1) is 0 Å². The summed E-state index contributed by atoms with van der Waals surface area (Å²) in [6.07, 6.45) is 0. The topological polar surface area (TPSA) is 86.2 Å². The molecule has 0 N–H and O–H groups in total. The largest absolute Gasteiger partial charge is 2.00 e. The zero-order chi connectivity index (χ0) is 4.50. The molecular formula is CaCoO4P+. The Morgan fingerprint density at radius 3 is 1.14 bits per heavy atom. The van der Waals surface area contributed by atoms with Gasteiger partial charge >= 0.3 is 54.5 Å². The molecule has 0 saturated heterocycles. The first-order chi connectivity index (χ1) is 2.00. The minimum Gasteiger partial charge on any atom is -0.822 e. The van der Waals surface area contributed by atoms with Crippen molar-refractivity contribution < 1.29 is 36.0 Å². The molecule has 0 spiro atoms. The second-order valence-electron chi connectivity index (χ2n) is 0.447. The first-order valence-electron chi connectivity index (χ1n) is 0.730. The maximum absolute atomic E-state index is 8.55. The van der Waals surface area contributed by atoms with E-state index in [1.165, 1.54) is 0 Å². The monoisotopic (exact) mass is 194 g/mol. The van der Waals surface area contributed by atoms with E-state index in [1.54, 1.807) is 0 Å². The summed E-state index contributed by atoms with van der Waals surface area (Å²) in [5, 5.41) is 0. The average molecular weight is 194 g/mol. The summed E-state index contributed by atoms with van der Waals surface area (Å²) in [6, 6.07) is 0. The fourth-order valence-electron chi connectivity index (χ4n) is 0. The summed E-state index contributed by atoms with van der Waals surface area (Å²) in [5.41, 5.74) is 0. The van der Waals surface area contributed by atoms with E-state index in [9.17, 15) is 0 Å². The fourth-order valence-corrected chi connectivity index (χ4v) is 0. The quantitative estimate of drug-likeness (QED) is 0.300. The Balaban J connectivity index is -0.0000000800. The van der Waals surface area contributed by atoms with E-state index in [0.717, 1.165) is 0 Å². The van der Waals surface area contributed by atoms with Crippen LogP contribution in [-0.2, 0) is 21.3 Å². The molecule has 0 aromatic rings. The van der Waals surface area contributed by atoms with Gasteiger partial charge in [0, 0.05) is 0 Å². The van der Waals surface area contributed by atoms with Crippen LogP contribution in [0.4, 0.5) is 0 Å².